The molecule has 1 fully saturated rings. The first-order valence-electron chi connectivity index (χ1n) is 7.74. The van der Waals surface area contributed by atoms with Gasteiger partial charge in [-0.3, -0.25) is 9.59 Å². The van der Waals surface area contributed by atoms with Crippen molar-refractivity contribution in [1.82, 2.24) is 10.6 Å². The van der Waals surface area contributed by atoms with Gasteiger partial charge in [0.2, 0.25) is 11.8 Å². The number of aliphatic hydroxyl groups excluding tert-OH is 1. The van der Waals surface area contributed by atoms with E-state index in [1.54, 1.807) is 0 Å². The maximum atomic E-state index is 12.3. The maximum absolute atomic E-state index is 12.3. The van der Waals surface area contributed by atoms with Crippen LogP contribution in [0.5, 0.6) is 0 Å². The van der Waals surface area contributed by atoms with Gasteiger partial charge in [0, 0.05) is 5.92 Å². The van der Waals surface area contributed by atoms with E-state index in [9.17, 15) is 14.7 Å². The zero-order valence-electron chi connectivity index (χ0n) is 13.3. The van der Waals surface area contributed by atoms with E-state index in [0.717, 1.165) is 24.0 Å². The summed E-state index contributed by atoms with van der Waals surface area (Å²) >= 11 is 0. The van der Waals surface area contributed by atoms with Crippen LogP contribution in [0.2, 0.25) is 0 Å². The van der Waals surface area contributed by atoms with Crippen molar-refractivity contribution >= 4 is 11.8 Å². The minimum atomic E-state index is -0.937. The Kier molecular flexibility index (Phi) is 5.19. The Balaban J connectivity index is 1.97. The van der Waals surface area contributed by atoms with Crippen LogP contribution in [-0.2, 0) is 9.59 Å². The number of benzene rings is 1. The maximum Gasteiger partial charge on any atom is 0.245 e. The highest BCUT2D eigenvalue weighted by molar-refractivity contribution is 5.89. The molecule has 1 aromatic carbocycles. The molecule has 2 rings (SSSR count). The van der Waals surface area contributed by atoms with Gasteiger partial charge in [-0.1, -0.05) is 29.8 Å². The summed E-state index contributed by atoms with van der Waals surface area (Å²) in [7, 11) is 0. The number of nitrogens with one attached hydrogen (secondary N) is 2. The second-order valence-corrected chi connectivity index (χ2v) is 6.14. The summed E-state index contributed by atoms with van der Waals surface area (Å²) in [6.45, 7) is 5.39. The summed E-state index contributed by atoms with van der Waals surface area (Å²) in [6.07, 6.45) is 0.785. The summed E-state index contributed by atoms with van der Waals surface area (Å²) in [5.74, 6) is -0.510. The molecule has 1 saturated carbocycles. The van der Waals surface area contributed by atoms with Gasteiger partial charge in [-0.2, -0.15) is 0 Å². The number of hydrogen-bond donors (Lipinski definition) is 3. The first-order valence-corrected chi connectivity index (χ1v) is 7.74. The predicted octanol–water partition coefficient (Wildman–Crippen LogP) is 1.45. The minimum absolute atomic E-state index is 0.00331. The lowest BCUT2D eigenvalue weighted by Crippen LogP contribution is -2.53. The predicted molar refractivity (Wildman–Crippen MR) is 84.1 cm³/mol. The highest BCUT2D eigenvalue weighted by Crippen LogP contribution is 2.29. The van der Waals surface area contributed by atoms with E-state index >= 15 is 0 Å². The quantitative estimate of drug-likeness (QED) is 0.744. The second-order valence-electron chi connectivity index (χ2n) is 6.14. The Morgan fingerprint density at radius 3 is 2.23 bits per heavy atom. The van der Waals surface area contributed by atoms with Crippen LogP contribution < -0.4 is 10.6 Å². The molecule has 22 heavy (non-hydrogen) atoms. The number of amides is 2. The topological polar surface area (TPSA) is 78.4 Å². The van der Waals surface area contributed by atoms with E-state index in [1.165, 1.54) is 6.92 Å². The Labute approximate surface area is 131 Å². The van der Waals surface area contributed by atoms with E-state index in [4.69, 9.17) is 0 Å². The highest BCUT2D eigenvalue weighted by atomic mass is 16.3. The highest BCUT2D eigenvalue weighted by Gasteiger charge is 2.34. The van der Waals surface area contributed by atoms with Gasteiger partial charge in [0.1, 0.15) is 6.04 Å². The lowest BCUT2D eigenvalue weighted by Gasteiger charge is -2.23. The molecule has 1 aliphatic rings. The average molecular weight is 304 g/mol. The van der Waals surface area contributed by atoms with Crippen molar-refractivity contribution in [2.45, 2.75) is 51.8 Å². The van der Waals surface area contributed by atoms with Gasteiger partial charge in [-0.05, 0) is 39.2 Å². The Morgan fingerprint density at radius 2 is 1.73 bits per heavy atom. The number of carbonyl (C=O) groups is 2. The van der Waals surface area contributed by atoms with Crippen LogP contribution in [0.4, 0.5) is 0 Å². The van der Waals surface area contributed by atoms with E-state index in [1.807, 2.05) is 38.1 Å². The van der Waals surface area contributed by atoms with E-state index in [2.05, 4.69) is 10.6 Å². The first-order chi connectivity index (χ1) is 10.4. The summed E-state index contributed by atoms with van der Waals surface area (Å²) in [4.78, 5) is 24.1. The van der Waals surface area contributed by atoms with Gasteiger partial charge >= 0.3 is 0 Å². The second kappa shape index (κ2) is 6.92. The molecule has 3 atom stereocenters. The number of carbonyl (C=O) groups excluding carboxylic acids is 2. The molecule has 0 heterocycles. The molecule has 5 nitrogen and oxygen atoms in total. The minimum Gasteiger partial charge on any atom is -0.391 e. The van der Waals surface area contributed by atoms with Crippen molar-refractivity contribution in [2.75, 3.05) is 0 Å². The van der Waals surface area contributed by atoms with Crippen molar-refractivity contribution in [2.24, 2.45) is 5.92 Å². The molecule has 0 saturated heterocycles. The monoisotopic (exact) mass is 304 g/mol. The van der Waals surface area contributed by atoms with Crippen LogP contribution in [0.1, 0.15) is 43.9 Å². The molecular weight excluding hydrogens is 280 g/mol. The number of aliphatic hydroxyl groups is 1. The lowest BCUT2D eigenvalue weighted by atomic mass is 10.1. The smallest absolute Gasteiger partial charge is 0.245 e. The third-order valence-electron chi connectivity index (χ3n) is 3.95. The molecular formula is C17H24N2O3. The Hall–Kier alpha value is -1.88. The average Bonchev–Trinajstić information content (AvgIpc) is 3.29. The van der Waals surface area contributed by atoms with Crippen molar-refractivity contribution in [3.63, 3.8) is 0 Å². The van der Waals surface area contributed by atoms with Crippen LogP contribution in [0, 0.1) is 12.8 Å². The molecule has 3 N–H and O–H groups in total. The van der Waals surface area contributed by atoms with Crippen molar-refractivity contribution in [1.29, 1.82) is 0 Å². The van der Waals surface area contributed by atoms with Crippen molar-refractivity contribution in [3.05, 3.63) is 35.4 Å². The number of hydrogen-bond acceptors (Lipinski definition) is 3. The Bertz CT molecular complexity index is 535. The molecule has 0 spiro atoms. The largest absolute Gasteiger partial charge is 0.391 e. The summed E-state index contributed by atoms with van der Waals surface area (Å²) < 4.78 is 0. The molecule has 3 unspecified atom stereocenters. The van der Waals surface area contributed by atoms with Gasteiger partial charge in [-0.25, -0.2) is 0 Å². The molecule has 5 heteroatoms. The number of aryl methyl sites for hydroxylation is 1. The normalized spacial score (nSPS) is 18.2. The van der Waals surface area contributed by atoms with Crippen LogP contribution in [0.15, 0.2) is 24.3 Å². The molecule has 2 amide bonds. The zero-order valence-corrected chi connectivity index (χ0v) is 13.3. The standard InChI is InChI=1S/C17H24N2O3/c1-10-4-6-13(7-5-10)11(2)18-17(22)15(12(3)20)19-16(21)14-8-9-14/h4-7,11-12,14-15,20H,8-9H2,1-3H3,(H,18,22)(H,19,21). The SMILES string of the molecule is Cc1ccc(C(C)NC(=O)C(NC(=O)C2CC2)C(C)O)cc1. The van der Waals surface area contributed by atoms with Crippen LogP contribution >= 0.6 is 0 Å². The van der Waals surface area contributed by atoms with Gasteiger partial charge in [0.05, 0.1) is 12.1 Å². The third kappa shape index (κ3) is 4.31. The van der Waals surface area contributed by atoms with Gasteiger partial charge in [0.25, 0.3) is 0 Å². The van der Waals surface area contributed by atoms with Crippen LogP contribution in [0.3, 0.4) is 0 Å². The van der Waals surface area contributed by atoms with Crippen molar-refractivity contribution in [3.8, 4) is 0 Å². The first kappa shape index (κ1) is 16.5. The molecule has 1 aliphatic carbocycles. The Morgan fingerprint density at radius 1 is 1.14 bits per heavy atom. The van der Waals surface area contributed by atoms with Gasteiger partial charge < -0.3 is 15.7 Å². The van der Waals surface area contributed by atoms with E-state index in [0.29, 0.717) is 0 Å². The lowest BCUT2D eigenvalue weighted by molar-refractivity contribution is -0.132. The summed E-state index contributed by atoms with van der Waals surface area (Å²) in [6, 6.07) is 6.78. The fourth-order valence-electron chi connectivity index (χ4n) is 2.26. The number of rotatable bonds is 6. The van der Waals surface area contributed by atoms with Gasteiger partial charge in [0.15, 0.2) is 0 Å². The zero-order chi connectivity index (χ0) is 16.3. The van der Waals surface area contributed by atoms with Crippen molar-refractivity contribution < 1.29 is 14.7 Å². The summed E-state index contributed by atoms with van der Waals surface area (Å²) in [5.41, 5.74) is 2.14. The van der Waals surface area contributed by atoms with Crippen LogP contribution in [0.25, 0.3) is 0 Å². The van der Waals surface area contributed by atoms with E-state index < -0.39 is 12.1 Å². The molecule has 120 valence electrons. The van der Waals surface area contributed by atoms with Gasteiger partial charge in [-0.15, -0.1) is 0 Å². The summed E-state index contributed by atoms with van der Waals surface area (Å²) in [5, 5.41) is 15.3. The molecule has 0 radical (unpaired) electrons. The molecule has 0 bridgehead atoms. The van der Waals surface area contributed by atoms with E-state index in [-0.39, 0.29) is 23.8 Å². The molecule has 0 aromatic heterocycles. The van der Waals surface area contributed by atoms with Crippen LogP contribution in [-0.4, -0.2) is 29.1 Å². The molecule has 1 aromatic rings. The fraction of sp³-hybridized carbons (Fsp3) is 0.529. The molecule has 0 aliphatic heterocycles. The fourth-order valence-corrected chi connectivity index (χ4v) is 2.26. The third-order valence-corrected chi connectivity index (χ3v) is 3.95.